The van der Waals surface area contributed by atoms with E-state index in [0.717, 1.165) is 35.8 Å². The molecule has 0 saturated carbocycles. The summed E-state index contributed by atoms with van der Waals surface area (Å²) in [6.45, 7) is 9.15. The minimum atomic E-state index is 0.0187. The summed E-state index contributed by atoms with van der Waals surface area (Å²) < 4.78 is 11.9. The van der Waals surface area contributed by atoms with E-state index in [1.54, 1.807) is 0 Å². The molecule has 1 N–H and O–H groups in total. The van der Waals surface area contributed by atoms with Gasteiger partial charge >= 0.3 is 0 Å². The van der Waals surface area contributed by atoms with Crippen LogP contribution in [-0.2, 0) is 6.42 Å². The first kappa shape index (κ1) is 15.6. The summed E-state index contributed by atoms with van der Waals surface area (Å²) in [4.78, 5) is 0. The van der Waals surface area contributed by atoms with Crippen molar-refractivity contribution in [1.82, 2.24) is 5.32 Å². The van der Waals surface area contributed by atoms with E-state index in [0.29, 0.717) is 0 Å². The maximum Gasteiger partial charge on any atom is 0.125 e. The molecule has 0 amide bonds. The van der Waals surface area contributed by atoms with Crippen LogP contribution in [0.3, 0.4) is 0 Å². The molecule has 1 aromatic heterocycles. The zero-order chi connectivity index (χ0) is 15.2. The summed E-state index contributed by atoms with van der Waals surface area (Å²) >= 11 is 0. The molecule has 0 aliphatic rings. The minimum Gasteiger partial charge on any atom is -0.491 e. The van der Waals surface area contributed by atoms with Crippen LogP contribution < -0.4 is 10.1 Å². The normalized spacial score (nSPS) is 12.6. The molecule has 3 heteroatoms. The number of rotatable bonds is 7. The fourth-order valence-electron chi connectivity index (χ4n) is 2.39. The van der Waals surface area contributed by atoms with Crippen molar-refractivity contribution in [2.24, 2.45) is 0 Å². The lowest BCUT2D eigenvalue weighted by Gasteiger charge is -2.21. The summed E-state index contributed by atoms with van der Waals surface area (Å²) in [6, 6.07) is 12.3. The van der Waals surface area contributed by atoms with Gasteiger partial charge in [-0.25, -0.2) is 0 Å². The maximum atomic E-state index is 5.95. The van der Waals surface area contributed by atoms with E-state index in [1.165, 1.54) is 0 Å². The van der Waals surface area contributed by atoms with Crippen LogP contribution >= 0.6 is 0 Å². The van der Waals surface area contributed by atoms with Crippen LogP contribution in [-0.4, -0.2) is 12.6 Å². The zero-order valence-electron chi connectivity index (χ0n) is 13.3. The number of hydrogen-bond acceptors (Lipinski definition) is 3. The Kier molecular flexibility index (Phi) is 5.45. The Balaban J connectivity index is 2.37. The Morgan fingerprint density at radius 2 is 1.86 bits per heavy atom. The Hall–Kier alpha value is -1.74. The van der Waals surface area contributed by atoms with Gasteiger partial charge in [-0.15, -0.1) is 0 Å². The van der Waals surface area contributed by atoms with Crippen LogP contribution in [0.5, 0.6) is 5.75 Å². The first-order valence-corrected chi connectivity index (χ1v) is 7.73. The molecule has 21 heavy (non-hydrogen) atoms. The number of ether oxygens (including phenoxy) is 1. The Bertz CT molecular complexity index is 560. The van der Waals surface area contributed by atoms with Crippen LogP contribution in [0.25, 0.3) is 0 Å². The van der Waals surface area contributed by atoms with Gasteiger partial charge in [0.15, 0.2) is 0 Å². The minimum absolute atomic E-state index is 0.0187. The topological polar surface area (TPSA) is 34.4 Å². The SMILES string of the molecule is CCNC(c1ccc(CC)o1)c1ccccc1OC(C)C. The Morgan fingerprint density at radius 3 is 2.48 bits per heavy atom. The monoisotopic (exact) mass is 287 g/mol. The summed E-state index contributed by atoms with van der Waals surface area (Å²) in [6.07, 6.45) is 1.06. The summed E-state index contributed by atoms with van der Waals surface area (Å²) in [5, 5.41) is 3.49. The smallest absolute Gasteiger partial charge is 0.125 e. The molecule has 0 aliphatic heterocycles. The predicted molar refractivity (Wildman–Crippen MR) is 85.8 cm³/mol. The molecule has 3 nitrogen and oxygen atoms in total. The van der Waals surface area contributed by atoms with Crippen LogP contribution in [0.1, 0.15) is 50.8 Å². The lowest BCUT2D eigenvalue weighted by molar-refractivity contribution is 0.237. The highest BCUT2D eigenvalue weighted by Crippen LogP contribution is 2.31. The van der Waals surface area contributed by atoms with E-state index < -0.39 is 0 Å². The molecule has 0 aliphatic carbocycles. The largest absolute Gasteiger partial charge is 0.491 e. The van der Waals surface area contributed by atoms with Crippen molar-refractivity contribution in [3.8, 4) is 5.75 Å². The molecule has 1 atom stereocenters. The van der Waals surface area contributed by atoms with Crippen molar-refractivity contribution in [1.29, 1.82) is 0 Å². The summed E-state index contributed by atoms with van der Waals surface area (Å²) in [5.74, 6) is 2.86. The van der Waals surface area contributed by atoms with Gasteiger partial charge in [0.2, 0.25) is 0 Å². The van der Waals surface area contributed by atoms with E-state index in [9.17, 15) is 0 Å². The van der Waals surface area contributed by atoms with Crippen molar-refractivity contribution in [3.05, 3.63) is 53.5 Å². The van der Waals surface area contributed by atoms with Crippen molar-refractivity contribution >= 4 is 0 Å². The molecule has 2 aromatic rings. The number of furan rings is 1. The van der Waals surface area contributed by atoms with Gasteiger partial charge in [0.05, 0.1) is 12.1 Å². The van der Waals surface area contributed by atoms with Gasteiger partial charge in [-0.2, -0.15) is 0 Å². The quantitative estimate of drug-likeness (QED) is 0.823. The Morgan fingerprint density at radius 1 is 1.10 bits per heavy atom. The van der Waals surface area contributed by atoms with E-state index in [1.807, 2.05) is 38.1 Å². The molecule has 114 valence electrons. The van der Waals surface area contributed by atoms with Crippen molar-refractivity contribution in [3.63, 3.8) is 0 Å². The molecule has 2 rings (SSSR count). The van der Waals surface area contributed by atoms with Gasteiger partial charge in [-0.05, 0) is 38.6 Å². The van der Waals surface area contributed by atoms with Gasteiger partial charge in [0.1, 0.15) is 17.3 Å². The van der Waals surface area contributed by atoms with Crippen LogP contribution in [0.2, 0.25) is 0 Å². The highest BCUT2D eigenvalue weighted by molar-refractivity contribution is 5.40. The van der Waals surface area contributed by atoms with Crippen LogP contribution in [0.15, 0.2) is 40.8 Å². The lowest BCUT2D eigenvalue weighted by Crippen LogP contribution is -2.22. The fourth-order valence-corrected chi connectivity index (χ4v) is 2.39. The molecular weight excluding hydrogens is 262 g/mol. The molecule has 0 fully saturated rings. The highest BCUT2D eigenvalue weighted by atomic mass is 16.5. The van der Waals surface area contributed by atoms with E-state index in [4.69, 9.17) is 9.15 Å². The third-order valence-electron chi connectivity index (χ3n) is 3.32. The second-order valence-corrected chi connectivity index (χ2v) is 5.35. The van der Waals surface area contributed by atoms with Gasteiger partial charge in [0, 0.05) is 12.0 Å². The molecule has 1 aromatic carbocycles. The van der Waals surface area contributed by atoms with Crippen molar-refractivity contribution in [2.75, 3.05) is 6.54 Å². The second kappa shape index (κ2) is 7.32. The second-order valence-electron chi connectivity index (χ2n) is 5.35. The van der Waals surface area contributed by atoms with Gasteiger partial charge in [-0.3, -0.25) is 0 Å². The van der Waals surface area contributed by atoms with Gasteiger partial charge in [0.25, 0.3) is 0 Å². The molecule has 0 radical (unpaired) electrons. The molecule has 1 heterocycles. The van der Waals surface area contributed by atoms with Crippen LogP contribution in [0, 0.1) is 0 Å². The number of benzene rings is 1. The zero-order valence-corrected chi connectivity index (χ0v) is 13.3. The number of nitrogens with one attached hydrogen (secondary N) is 1. The first-order valence-electron chi connectivity index (χ1n) is 7.73. The van der Waals surface area contributed by atoms with E-state index >= 15 is 0 Å². The maximum absolute atomic E-state index is 5.95. The van der Waals surface area contributed by atoms with Gasteiger partial charge < -0.3 is 14.5 Å². The van der Waals surface area contributed by atoms with Crippen molar-refractivity contribution in [2.45, 2.75) is 46.3 Å². The summed E-state index contributed by atoms with van der Waals surface area (Å²) in [5.41, 5.74) is 1.12. The predicted octanol–water partition coefficient (Wildman–Crippen LogP) is 4.33. The molecular formula is C18H25NO2. The molecule has 0 bridgehead atoms. The standard InChI is InChI=1S/C18H25NO2/c1-5-14-11-12-17(21-14)18(19-6-2)15-9-7-8-10-16(15)20-13(3)4/h7-13,18-19H,5-6H2,1-4H3. The average molecular weight is 287 g/mol. The Labute approximate surface area is 127 Å². The fraction of sp³-hybridized carbons (Fsp3) is 0.444. The summed E-state index contributed by atoms with van der Waals surface area (Å²) in [7, 11) is 0. The highest BCUT2D eigenvalue weighted by Gasteiger charge is 2.20. The number of hydrogen-bond donors (Lipinski definition) is 1. The van der Waals surface area contributed by atoms with Crippen LogP contribution in [0.4, 0.5) is 0 Å². The molecule has 1 unspecified atom stereocenters. The van der Waals surface area contributed by atoms with Crippen molar-refractivity contribution < 1.29 is 9.15 Å². The average Bonchev–Trinajstić information content (AvgIpc) is 2.94. The number of para-hydroxylation sites is 1. The van der Waals surface area contributed by atoms with Gasteiger partial charge in [-0.1, -0.05) is 32.0 Å². The lowest BCUT2D eigenvalue weighted by atomic mass is 10.0. The molecule has 0 saturated heterocycles. The van der Waals surface area contributed by atoms with E-state index in [2.05, 4.69) is 31.3 Å². The molecule has 0 spiro atoms. The third-order valence-corrected chi connectivity index (χ3v) is 3.32. The number of aryl methyl sites for hydroxylation is 1. The third kappa shape index (κ3) is 3.88. The van der Waals surface area contributed by atoms with E-state index in [-0.39, 0.29) is 12.1 Å². The first-order chi connectivity index (χ1) is 10.2.